The van der Waals surface area contributed by atoms with Crippen molar-refractivity contribution in [2.45, 2.75) is 63.7 Å². The number of halogens is 1. The standard InChI is InChI=1S/C36H45ClN6O7S/c1-21-30(41-15-14-40(4)25(18-41)20-49-5)11-10-27-26-12-13-42(19-28(26)36(46)50-33(21)27)35(45)22-16-29(37)32(34(44)38-51(47,48)39(2)3)31(17-22)43-23-6-7-24(43)9-8-23/h10-11,16-17,23-25H,6-9,12-15,18-20H2,1-5H3,(H,38,44)/t23?,24?,25-/m1/s1. The highest BCUT2D eigenvalue weighted by Crippen LogP contribution is 2.44. The number of carbonyl (C=O) groups excluding carboxylic acids is 2. The first-order valence-corrected chi connectivity index (χ1v) is 19.3. The molecule has 3 saturated heterocycles. The first-order valence-electron chi connectivity index (χ1n) is 17.5. The summed E-state index contributed by atoms with van der Waals surface area (Å²) < 4.78 is 39.6. The summed E-state index contributed by atoms with van der Waals surface area (Å²) >= 11 is 6.76. The SMILES string of the molecule is COC[C@H]1CN(c2ccc3c4c(c(=O)oc3c2C)CN(C(=O)c2cc(Cl)c(C(=O)NS(=O)(=O)N(C)C)c(N3C5CCC3CC5)c2)CC4)CCN1C. The minimum atomic E-state index is -4.09. The Hall–Kier alpha value is -3.69. The number of aryl methyl sites for hydroxylation is 1. The summed E-state index contributed by atoms with van der Waals surface area (Å²) in [6.07, 6.45) is 4.22. The maximum atomic E-state index is 14.1. The number of fused-ring (bicyclic) bond motifs is 5. The number of ether oxygens (including phenoxy) is 1. The lowest BCUT2D eigenvalue weighted by Crippen LogP contribution is -2.53. The van der Waals surface area contributed by atoms with Crippen molar-refractivity contribution < 1.29 is 27.2 Å². The predicted octanol–water partition coefficient (Wildman–Crippen LogP) is 3.39. The Balaban J connectivity index is 1.19. The third-order valence-electron chi connectivity index (χ3n) is 11.2. The van der Waals surface area contributed by atoms with Crippen LogP contribution in [0.1, 0.15) is 63.1 Å². The molecule has 1 N–H and O–H groups in total. The molecule has 2 aromatic carbocycles. The van der Waals surface area contributed by atoms with Gasteiger partial charge in [0, 0.05) is 81.7 Å². The van der Waals surface area contributed by atoms with Crippen molar-refractivity contribution in [3.05, 3.63) is 67.5 Å². The second-order valence-electron chi connectivity index (χ2n) is 14.4. The monoisotopic (exact) mass is 740 g/mol. The van der Waals surface area contributed by atoms with Crippen LogP contribution in [0.4, 0.5) is 11.4 Å². The van der Waals surface area contributed by atoms with E-state index in [2.05, 4.69) is 32.5 Å². The quantitative estimate of drug-likeness (QED) is 0.343. The van der Waals surface area contributed by atoms with Crippen LogP contribution in [-0.4, -0.2) is 114 Å². The van der Waals surface area contributed by atoms with Crippen molar-refractivity contribution in [1.29, 1.82) is 0 Å². The lowest BCUT2D eigenvalue weighted by molar-refractivity contribution is 0.0732. The number of nitrogens with zero attached hydrogens (tertiary/aromatic N) is 5. The highest BCUT2D eigenvalue weighted by molar-refractivity contribution is 7.87. The Kier molecular flexibility index (Phi) is 9.59. The molecule has 51 heavy (non-hydrogen) atoms. The van der Waals surface area contributed by atoms with Crippen LogP contribution in [0.25, 0.3) is 11.0 Å². The summed E-state index contributed by atoms with van der Waals surface area (Å²) in [6, 6.07) is 7.78. The van der Waals surface area contributed by atoms with Crippen LogP contribution in [-0.2, 0) is 27.9 Å². The van der Waals surface area contributed by atoms with E-state index in [1.807, 2.05) is 13.0 Å². The number of carbonyl (C=O) groups is 2. The Morgan fingerprint density at radius 1 is 1.04 bits per heavy atom. The van der Waals surface area contributed by atoms with Crippen molar-refractivity contribution in [2.75, 3.05) is 70.8 Å². The molecule has 0 radical (unpaired) electrons. The van der Waals surface area contributed by atoms with E-state index < -0.39 is 21.7 Å². The van der Waals surface area contributed by atoms with Crippen LogP contribution in [0.2, 0.25) is 5.02 Å². The minimum Gasteiger partial charge on any atom is -0.422 e. The van der Waals surface area contributed by atoms with Gasteiger partial charge in [-0.25, -0.2) is 9.52 Å². The normalized spacial score (nSPS) is 22.3. The third-order valence-corrected chi connectivity index (χ3v) is 12.9. The fourth-order valence-corrected chi connectivity index (χ4v) is 9.22. The van der Waals surface area contributed by atoms with Crippen molar-refractivity contribution in [3.8, 4) is 0 Å². The number of likely N-dealkylation sites (N-methyl/N-ethyl adjacent to an activating group) is 1. The smallest absolute Gasteiger partial charge is 0.341 e. The lowest BCUT2D eigenvalue weighted by atomic mass is 9.95. The van der Waals surface area contributed by atoms with Crippen LogP contribution >= 0.6 is 11.6 Å². The van der Waals surface area contributed by atoms with E-state index in [-0.39, 0.29) is 46.7 Å². The molecule has 1 atom stereocenters. The molecule has 3 fully saturated rings. The number of benzene rings is 2. The van der Waals surface area contributed by atoms with Crippen LogP contribution < -0.4 is 20.1 Å². The van der Waals surface area contributed by atoms with Gasteiger partial charge in [-0.3, -0.25) is 14.5 Å². The van der Waals surface area contributed by atoms with Gasteiger partial charge in [0.25, 0.3) is 11.8 Å². The zero-order chi connectivity index (χ0) is 36.4. The molecule has 1 aromatic heterocycles. The van der Waals surface area contributed by atoms with E-state index in [4.69, 9.17) is 20.8 Å². The number of nitrogens with one attached hydrogen (secondary N) is 1. The van der Waals surface area contributed by atoms with Gasteiger partial charge in [0.05, 0.1) is 41.0 Å². The van der Waals surface area contributed by atoms with Gasteiger partial charge in [-0.15, -0.1) is 0 Å². The molecule has 4 aliphatic rings. The summed E-state index contributed by atoms with van der Waals surface area (Å²) in [5.74, 6) is -1.19. The zero-order valence-electron chi connectivity index (χ0n) is 29.7. The largest absolute Gasteiger partial charge is 0.422 e. The second-order valence-corrected chi connectivity index (χ2v) is 16.7. The lowest BCUT2D eigenvalue weighted by Gasteiger charge is -2.41. The molecule has 0 aliphatic carbocycles. The van der Waals surface area contributed by atoms with E-state index >= 15 is 0 Å². The van der Waals surface area contributed by atoms with Gasteiger partial charge in [-0.1, -0.05) is 11.6 Å². The molecule has 7 rings (SSSR count). The van der Waals surface area contributed by atoms with Crippen LogP contribution in [0.3, 0.4) is 0 Å². The number of rotatable bonds is 8. The van der Waals surface area contributed by atoms with E-state index in [1.165, 1.54) is 20.2 Å². The van der Waals surface area contributed by atoms with Gasteiger partial charge in [0.1, 0.15) is 5.58 Å². The number of hydrogen-bond donors (Lipinski definition) is 1. The molecule has 2 bridgehead atoms. The summed E-state index contributed by atoms with van der Waals surface area (Å²) in [5.41, 5.74) is 4.11. The Morgan fingerprint density at radius 2 is 1.75 bits per heavy atom. The van der Waals surface area contributed by atoms with Crippen LogP contribution in [0, 0.1) is 6.92 Å². The summed E-state index contributed by atoms with van der Waals surface area (Å²) in [7, 11) is 2.38. The van der Waals surface area contributed by atoms with Gasteiger partial charge < -0.3 is 23.9 Å². The Bertz CT molecular complexity index is 2050. The van der Waals surface area contributed by atoms with Crippen molar-refractivity contribution in [1.82, 2.24) is 18.8 Å². The van der Waals surface area contributed by atoms with Gasteiger partial charge in [0.15, 0.2) is 0 Å². The molecule has 0 spiro atoms. The van der Waals surface area contributed by atoms with Gasteiger partial charge in [0.2, 0.25) is 0 Å². The molecule has 4 aliphatic heterocycles. The number of anilines is 2. The number of hydrogen-bond acceptors (Lipinski definition) is 10. The fourth-order valence-electron chi connectivity index (χ4n) is 8.40. The van der Waals surface area contributed by atoms with Gasteiger partial charge >= 0.3 is 15.8 Å². The predicted molar refractivity (Wildman–Crippen MR) is 196 cm³/mol. The average Bonchev–Trinajstić information content (AvgIpc) is 3.70. The molecule has 5 heterocycles. The maximum Gasteiger partial charge on any atom is 0.341 e. The molecule has 0 unspecified atom stereocenters. The van der Waals surface area contributed by atoms with E-state index in [0.29, 0.717) is 36.4 Å². The number of piperazine rings is 1. The van der Waals surface area contributed by atoms with Crippen LogP contribution in [0.15, 0.2) is 33.5 Å². The minimum absolute atomic E-state index is 0.0169. The zero-order valence-corrected chi connectivity index (χ0v) is 31.3. The van der Waals surface area contributed by atoms with Gasteiger partial charge in [-0.05, 0) is 75.9 Å². The molecule has 15 heteroatoms. The van der Waals surface area contributed by atoms with Crippen molar-refractivity contribution >= 4 is 56.0 Å². The maximum absolute atomic E-state index is 14.1. The Morgan fingerprint density at radius 3 is 2.41 bits per heavy atom. The molecule has 13 nitrogen and oxygen atoms in total. The molecular formula is C36H45ClN6O7S. The number of methoxy groups -OCH3 is 1. The first-order chi connectivity index (χ1) is 24.3. The molecule has 0 saturated carbocycles. The molecule has 274 valence electrons. The molecule has 3 aromatic rings. The van der Waals surface area contributed by atoms with Crippen LogP contribution in [0.5, 0.6) is 0 Å². The Labute approximate surface area is 303 Å². The highest BCUT2D eigenvalue weighted by atomic mass is 35.5. The summed E-state index contributed by atoms with van der Waals surface area (Å²) in [5, 5.41) is 0.857. The number of amides is 2. The van der Waals surface area contributed by atoms with E-state index in [1.54, 1.807) is 18.1 Å². The summed E-state index contributed by atoms with van der Waals surface area (Å²) in [6.45, 7) is 5.59. The van der Waals surface area contributed by atoms with Gasteiger partial charge in [-0.2, -0.15) is 12.7 Å². The fraction of sp³-hybridized carbons (Fsp3) is 0.528. The first kappa shape index (κ1) is 35.7. The van der Waals surface area contributed by atoms with Crippen molar-refractivity contribution in [3.63, 3.8) is 0 Å². The average molecular weight is 741 g/mol. The topological polar surface area (TPSA) is 136 Å². The van der Waals surface area contributed by atoms with Crippen molar-refractivity contribution in [2.24, 2.45) is 0 Å². The molecular weight excluding hydrogens is 696 g/mol. The second kappa shape index (κ2) is 13.7. The van der Waals surface area contributed by atoms with E-state index in [9.17, 15) is 22.8 Å². The third kappa shape index (κ3) is 6.39. The van der Waals surface area contributed by atoms with E-state index in [0.717, 1.165) is 71.8 Å². The summed E-state index contributed by atoms with van der Waals surface area (Å²) in [4.78, 5) is 49.6. The highest BCUT2D eigenvalue weighted by Gasteiger charge is 2.42. The molecule has 2 amide bonds.